The van der Waals surface area contributed by atoms with Gasteiger partial charge in [-0.25, -0.2) is 15.0 Å². The van der Waals surface area contributed by atoms with Gasteiger partial charge in [-0.05, 0) is 85.5 Å². The first-order valence-electron chi connectivity index (χ1n) is 16.6. The highest BCUT2D eigenvalue weighted by Crippen LogP contribution is 2.61. The molecule has 48 heavy (non-hydrogen) atoms. The van der Waals surface area contributed by atoms with Crippen molar-refractivity contribution in [2.24, 2.45) is 10.8 Å². The van der Waals surface area contributed by atoms with Gasteiger partial charge in [0.05, 0.1) is 16.9 Å². The Labute approximate surface area is 286 Å². The van der Waals surface area contributed by atoms with Gasteiger partial charge in [0.25, 0.3) is 0 Å². The molecule has 0 radical (unpaired) electrons. The normalized spacial score (nSPS) is 23.9. The van der Waals surface area contributed by atoms with Gasteiger partial charge in [-0.3, -0.25) is 24.0 Å². The molecular formula is C35H38BrN9O3. The van der Waals surface area contributed by atoms with Crippen LogP contribution < -0.4 is 5.32 Å². The lowest BCUT2D eigenvalue weighted by molar-refractivity contribution is -0.138. The van der Waals surface area contributed by atoms with Gasteiger partial charge in [0.1, 0.15) is 34.5 Å². The molecule has 12 nitrogen and oxygen atoms in total. The molecule has 13 heteroatoms. The number of likely N-dealkylation sites (tertiary alicyclic amines) is 2. The molecule has 1 N–H and O–H groups in total. The highest BCUT2D eigenvalue weighted by Gasteiger charge is 2.68. The summed E-state index contributed by atoms with van der Waals surface area (Å²) in [4.78, 5) is 63.4. The van der Waals surface area contributed by atoms with Gasteiger partial charge < -0.3 is 15.1 Å². The van der Waals surface area contributed by atoms with E-state index in [1.54, 1.807) is 22.0 Å². The Hall–Kier alpha value is -4.10. The van der Waals surface area contributed by atoms with Crippen LogP contribution in [-0.2, 0) is 16.1 Å². The Morgan fingerprint density at radius 2 is 1.79 bits per heavy atom. The number of hydrogen-bond acceptors (Lipinski definition) is 9. The average Bonchev–Trinajstić information content (AvgIpc) is 3.40. The van der Waals surface area contributed by atoms with E-state index in [1.165, 1.54) is 26.2 Å². The molecule has 4 aromatic heterocycles. The third-order valence-electron chi connectivity index (χ3n) is 11.0. The number of fused-ring (bicyclic) bond motifs is 2. The van der Waals surface area contributed by atoms with Crippen molar-refractivity contribution in [1.29, 1.82) is 0 Å². The van der Waals surface area contributed by atoms with E-state index in [4.69, 9.17) is 4.98 Å². The molecule has 2 aliphatic heterocycles. The highest BCUT2D eigenvalue weighted by molar-refractivity contribution is 9.10. The zero-order valence-electron chi connectivity index (χ0n) is 27.6. The Bertz CT molecular complexity index is 2000. The number of carbonyl (C=O) groups is 3. The quantitative estimate of drug-likeness (QED) is 0.204. The summed E-state index contributed by atoms with van der Waals surface area (Å²) >= 11 is 3.41. The van der Waals surface area contributed by atoms with Gasteiger partial charge in [0.15, 0.2) is 5.78 Å². The van der Waals surface area contributed by atoms with E-state index in [9.17, 15) is 14.4 Å². The number of hydrogen-bond donors (Lipinski definition) is 1. The highest BCUT2D eigenvalue weighted by atomic mass is 79.9. The van der Waals surface area contributed by atoms with Crippen molar-refractivity contribution < 1.29 is 14.4 Å². The largest absolute Gasteiger partial charge is 0.325 e. The summed E-state index contributed by atoms with van der Waals surface area (Å²) in [5.74, 6) is 0.480. The predicted molar refractivity (Wildman–Crippen MR) is 182 cm³/mol. The number of halogens is 1. The van der Waals surface area contributed by atoms with Gasteiger partial charge >= 0.3 is 0 Å². The van der Waals surface area contributed by atoms with Crippen LogP contribution in [0.25, 0.3) is 22.2 Å². The second-order valence-electron chi connectivity index (χ2n) is 14.5. The number of carbonyl (C=O) groups excluding carboxylic acids is 3. The maximum Gasteiger partial charge on any atom is 0.248 e. The van der Waals surface area contributed by atoms with E-state index in [1.807, 2.05) is 39.0 Å². The Kier molecular flexibility index (Phi) is 7.29. The van der Waals surface area contributed by atoms with Crippen LogP contribution in [-0.4, -0.2) is 88.8 Å². The molecule has 4 aromatic rings. The Balaban J connectivity index is 1.10. The summed E-state index contributed by atoms with van der Waals surface area (Å²) in [6.45, 7) is 10.0. The summed E-state index contributed by atoms with van der Waals surface area (Å²) in [6, 6.07) is 4.87. The summed E-state index contributed by atoms with van der Waals surface area (Å²) in [5, 5.41) is 8.29. The minimum absolute atomic E-state index is 0.0308. The van der Waals surface area contributed by atoms with Crippen LogP contribution in [0.4, 0.5) is 5.82 Å². The first kappa shape index (κ1) is 31.2. The van der Waals surface area contributed by atoms with Crippen LogP contribution in [0.3, 0.4) is 0 Å². The number of piperidine rings is 1. The van der Waals surface area contributed by atoms with Crippen LogP contribution in [0.5, 0.6) is 0 Å². The molecule has 0 aromatic carbocycles. The molecule has 2 saturated carbocycles. The van der Waals surface area contributed by atoms with Crippen LogP contribution >= 0.6 is 15.9 Å². The Morgan fingerprint density at radius 1 is 1.04 bits per heavy atom. The Morgan fingerprint density at radius 3 is 2.48 bits per heavy atom. The molecule has 8 rings (SSSR count). The second kappa shape index (κ2) is 11.2. The average molecular weight is 713 g/mol. The minimum atomic E-state index is -0.642. The number of aryl methyl sites for hydroxylation is 3. The number of pyridine rings is 2. The lowest BCUT2D eigenvalue weighted by Crippen LogP contribution is -2.60. The van der Waals surface area contributed by atoms with Crippen LogP contribution in [0.1, 0.15) is 66.6 Å². The molecule has 3 atom stereocenters. The van der Waals surface area contributed by atoms with Gasteiger partial charge in [-0.1, -0.05) is 12.5 Å². The summed E-state index contributed by atoms with van der Waals surface area (Å²) in [7, 11) is 0. The lowest BCUT2D eigenvalue weighted by Gasteiger charge is -2.56. The molecule has 2 amide bonds. The summed E-state index contributed by atoms with van der Waals surface area (Å²) < 4.78 is 2.21. The standard InChI is InChI=1S/C35H38BrN9O3/c1-19-6-7-28(36)40-32(19)41-33(48)26-11-35(18-43-16-34(17-43)8-5-9-34)12-27(35)45(26)29(47)15-44-31-20(2)39-25(23-13-37-22(4)38-14-23)10-24(31)30(42-44)21(3)46/h6-7,10,13-14,26-27H,5,8-9,11-12,15-18H2,1-4H3,(H,40,41,48)/t26-,27+,35-/m0/s1. The minimum Gasteiger partial charge on any atom is -0.325 e. The zero-order chi connectivity index (χ0) is 33.5. The van der Waals surface area contributed by atoms with Gasteiger partial charge in [0, 0.05) is 61.4 Å². The van der Waals surface area contributed by atoms with Crippen molar-refractivity contribution in [2.75, 3.05) is 25.0 Å². The number of aromatic nitrogens is 6. The molecule has 248 valence electrons. The first-order chi connectivity index (χ1) is 22.9. The maximum atomic E-state index is 14.4. The number of ketones is 1. The van der Waals surface area contributed by atoms with E-state index in [2.05, 4.69) is 46.2 Å². The third kappa shape index (κ3) is 5.22. The molecular weight excluding hydrogens is 674 g/mol. The van der Waals surface area contributed by atoms with E-state index < -0.39 is 6.04 Å². The molecule has 0 unspecified atom stereocenters. The van der Waals surface area contributed by atoms with Crippen molar-refractivity contribution in [3.05, 3.63) is 58.0 Å². The van der Waals surface area contributed by atoms with Crippen molar-refractivity contribution in [3.8, 4) is 11.3 Å². The van der Waals surface area contributed by atoms with Crippen molar-refractivity contribution >= 4 is 50.2 Å². The smallest absolute Gasteiger partial charge is 0.248 e. The molecule has 4 fully saturated rings. The monoisotopic (exact) mass is 711 g/mol. The van der Waals surface area contributed by atoms with Crippen molar-refractivity contribution in [1.82, 2.24) is 39.5 Å². The topological polar surface area (TPSA) is 139 Å². The maximum absolute atomic E-state index is 14.4. The fourth-order valence-corrected chi connectivity index (χ4v) is 8.69. The van der Waals surface area contributed by atoms with Gasteiger partial charge in [-0.2, -0.15) is 5.10 Å². The number of rotatable bonds is 8. The van der Waals surface area contributed by atoms with E-state index in [0.29, 0.717) is 50.4 Å². The number of amides is 2. The van der Waals surface area contributed by atoms with Crippen LogP contribution in [0.15, 0.2) is 35.2 Å². The molecule has 6 heterocycles. The molecule has 0 bridgehead atoms. The van der Waals surface area contributed by atoms with Crippen molar-refractivity contribution in [2.45, 2.75) is 78.4 Å². The number of anilines is 1. The van der Waals surface area contributed by atoms with Gasteiger partial charge in [-0.15, -0.1) is 0 Å². The molecule has 2 aliphatic carbocycles. The van der Waals surface area contributed by atoms with Gasteiger partial charge in [0.2, 0.25) is 11.8 Å². The van der Waals surface area contributed by atoms with Crippen LogP contribution in [0.2, 0.25) is 0 Å². The molecule has 2 saturated heterocycles. The van der Waals surface area contributed by atoms with E-state index >= 15 is 0 Å². The fourth-order valence-electron chi connectivity index (χ4n) is 8.38. The molecule has 1 spiro atoms. The second-order valence-corrected chi connectivity index (χ2v) is 15.3. The summed E-state index contributed by atoms with van der Waals surface area (Å²) in [5.41, 5.74) is 4.10. The number of Topliss-reactive ketones (excluding diaryl/α,β-unsaturated/α-hetero) is 1. The SMILES string of the molecule is CC(=O)c1nn(CC(=O)N2[C@H](C(=O)Nc3nc(Br)ccc3C)C[C@@]3(CN4CC5(CCC5)C4)C[C@@H]23)c2c(C)nc(-c3cnc(C)nc3)cc12. The zero-order valence-corrected chi connectivity index (χ0v) is 29.2. The lowest BCUT2D eigenvalue weighted by atomic mass is 9.63. The summed E-state index contributed by atoms with van der Waals surface area (Å²) in [6.07, 6.45) is 8.82. The third-order valence-corrected chi connectivity index (χ3v) is 11.4. The van der Waals surface area contributed by atoms with Crippen LogP contribution in [0, 0.1) is 31.6 Å². The van der Waals surface area contributed by atoms with Crippen molar-refractivity contribution in [3.63, 3.8) is 0 Å². The number of nitrogens with one attached hydrogen (secondary N) is 1. The first-order valence-corrected chi connectivity index (χ1v) is 17.4. The predicted octanol–water partition coefficient (Wildman–Crippen LogP) is 4.66. The van der Waals surface area contributed by atoms with E-state index in [-0.39, 0.29) is 41.3 Å². The van der Waals surface area contributed by atoms with E-state index in [0.717, 1.165) is 37.2 Å². The molecule has 4 aliphatic rings. The number of nitrogens with zero attached hydrogens (tertiary/aromatic N) is 8. The fraction of sp³-hybridized carbons (Fsp3) is 0.486.